The zero-order chi connectivity index (χ0) is 17.5. The molecule has 0 bridgehead atoms. The van der Waals surface area contributed by atoms with Gasteiger partial charge in [0.05, 0.1) is 13.0 Å². The third kappa shape index (κ3) is 6.27. The minimum absolute atomic E-state index is 0. The number of hydrogen-bond acceptors (Lipinski definition) is 4. The van der Waals surface area contributed by atoms with E-state index in [2.05, 4.69) is 34.0 Å². The van der Waals surface area contributed by atoms with Crippen LogP contribution in [0.25, 0.3) is 0 Å². The highest BCUT2D eigenvalue weighted by Gasteiger charge is 2.36. The highest BCUT2D eigenvalue weighted by Crippen LogP contribution is 2.24. The third-order valence-corrected chi connectivity index (χ3v) is 5.62. The number of esters is 1. The molecule has 6 nitrogen and oxygen atoms in total. The lowest BCUT2D eigenvalue weighted by atomic mass is 9.93. The number of methoxy groups -OCH3 is 1. The Balaban J connectivity index is 0.00000312. The summed E-state index contributed by atoms with van der Waals surface area (Å²) in [7, 11) is 3.28. The van der Waals surface area contributed by atoms with Gasteiger partial charge in [-0.15, -0.1) is 24.0 Å². The van der Waals surface area contributed by atoms with Crippen molar-refractivity contribution in [3.63, 3.8) is 0 Å². The zero-order valence-electron chi connectivity index (χ0n) is 16.2. The van der Waals surface area contributed by atoms with Gasteiger partial charge in [-0.2, -0.15) is 0 Å². The summed E-state index contributed by atoms with van der Waals surface area (Å²) in [6.07, 6.45) is 3.80. The van der Waals surface area contributed by atoms with Crippen LogP contribution in [0.2, 0.25) is 0 Å². The Bertz CT molecular complexity index is 439. The van der Waals surface area contributed by atoms with Crippen molar-refractivity contribution < 1.29 is 9.53 Å². The lowest BCUT2D eigenvalue weighted by Gasteiger charge is -2.31. The van der Waals surface area contributed by atoms with Gasteiger partial charge >= 0.3 is 5.97 Å². The minimum atomic E-state index is -0.108. The second-order valence-corrected chi connectivity index (χ2v) is 7.15. The third-order valence-electron chi connectivity index (χ3n) is 5.62. The van der Waals surface area contributed by atoms with Crippen LogP contribution in [0.3, 0.4) is 0 Å². The number of halogens is 1. The number of piperidine rings is 1. The SMILES string of the molecule is CCN1CCC(CCNC(=NC)N2CC(C)C(C(=O)OC)C2)CC1.I. The molecule has 7 heteroatoms. The molecule has 2 rings (SSSR count). The number of rotatable bonds is 5. The molecule has 25 heavy (non-hydrogen) atoms. The first-order chi connectivity index (χ1) is 11.6. The Labute approximate surface area is 169 Å². The number of carbonyl (C=O) groups excluding carboxylic acids is 1. The van der Waals surface area contributed by atoms with E-state index in [9.17, 15) is 4.79 Å². The van der Waals surface area contributed by atoms with Crippen molar-refractivity contribution in [1.82, 2.24) is 15.1 Å². The summed E-state index contributed by atoms with van der Waals surface area (Å²) in [5.41, 5.74) is 0. The average molecular weight is 466 g/mol. The van der Waals surface area contributed by atoms with Gasteiger partial charge in [0.1, 0.15) is 0 Å². The van der Waals surface area contributed by atoms with Crippen LogP contribution in [0.1, 0.15) is 33.1 Å². The van der Waals surface area contributed by atoms with Crippen LogP contribution in [-0.2, 0) is 9.53 Å². The average Bonchev–Trinajstić information content (AvgIpc) is 3.00. The van der Waals surface area contributed by atoms with Crippen LogP contribution in [0.5, 0.6) is 0 Å². The Morgan fingerprint density at radius 2 is 1.96 bits per heavy atom. The van der Waals surface area contributed by atoms with E-state index in [1.165, 1.54) is 46.0 Å². The van der Waals surface area contributed by atoms with E-state index in [1.807, 2.05) is 7.05 Å². The van der Waals surface area contributed by atoms with E-state index in [-0.39, 0.29) is 35.9 Å². The van der Waals surface area contributed by atoms with E-state index in [1.54, 1.807) is 0 Å². The molecule has 0 amide bonds. The van der Waals surface area contributed by atoms with Crippen LogP contribution < -0.4 is 5.32 Å². The quantitative estimate of drug-likeness (QED) is 0.291. The fourth-order valence-electron chi connectivity index (χ4n) is 3.91. The maximum absolute atomic E-state index is 11.8. The molecule has 2 unspecified atom stereocenters. The Kier molecular flexibility index (Phi) is 10.1. The van der Waals surface area contributed by atoms with Gasteiger partial charge < -0.3 is 19.9 Å². The molecule has 0 aromatic carbocycles. The molecule has 0 radical (unpaired) electrons. The second kappa shape index (κ2) is 11.2. The van der Waals surface area contributed by atoms with Crippen molar-refractivity contribution in [3.05, 3.63) is 0 Å². The molecule has 146 valence electrons. The van der Waals surface area contributed by atoms with Crippen LogP contribution in [0.4, 0.5) is 0 Å². The van der Waals surface area contributed by atoms with Crippen LogP contribution >= 0.6 is 24.0 Å². The largest absolute Gasteiger partial charge is 0.469 e. The number of hydrogen-bond donors (Lipinski definition) is 1. The first-order valence-electron chi connectivity index (χ1n) is 9.34. The maximum Gasteiger partial charge on any atom is 0.310 e. The molecule has 0 spiro atoms. The predicted octanol–water partition coefficient (Wildman–Crippen LogP) is 2.04. The van der Waals surface area contributed by atoms with Crippen molar-refractivity contribution in [1.29, 1.82) is 0 Å². The van der Waals surface area contributed by atoms with Gasteiger partial charge in [-0.25, -0.2) is 0 Å². The number of aliphatic imine (C=N–C) groups is 1. The molecule has 1 N–H and O–H groups in total. The van der Waals surface area contributed by atoms with Gasteiger partial charge in [-0.05, 0) is 50.7 Å². The number of ether oxygens (including phenoxy) is 1. The highest BCUT2D eigenvalue weighted by atomic mass is 127. The van der Waals surface area contributed by atoms with Gasteiger partial charge in [0.25, 0.3) is 0 Å². The van der Waals surface area contributed by atoms with Gasteiger partial charge in [-0.3, -0.25) is 9.79 Å². The van der Waals surface area contributed by atoms with Crippen LogP contribution in [-0.4, -0.2) is 75.2 Å². The first kappa shape index (κ1) is 22.5. The smallest absolute Gasteiger partial charge is 0.310 e. The summed E-state index contributed by atoms with van der Waals surface area (Å²) in [4.78, 5) is 21.0. The summed E-state index contributed by atoms with van der Waals surface area (Å²) >= 11 is 0. The van der Waals surface area contributed by atoms with Gasteiger partial charge in [0, 0.05) is 26.7 Å². The highest BCUT2D eigenvalue weighted by molar-refractivity contribution is 14.0. The molecule has 2 aliphatic rings. The number of carbonyl (C=O) groups is 1. The molecule has 0 aromatic heterocycles. The second-order valence-electron chi connectivity index (χ2n) is 7.15. The van der Waals surface area contributed by atoms with E-state index >= 15 is 0 Å². The fourth-order valence-corrected chi connectivity index (χ4v) is 3.91. The van der Waals surface area contributed by atoms with E-state index < -0.39 is 0 Å². The number of nitrogens with zero attached hydrogens (tertiary/aromatic N) is 3. The van der Waals surface area contributed by atoms with Crippen molar-refractivity contribution in [3.8, 4) is 0 Å². The van der Waals surface area contributed by atoms with Crippen LogP contribution in [0, 0.1) is 17.8 Å². The Morgan fingerprint density at radius 3 is 2.52 bits per heavy atom. The number of guanidine groups is 1. The topological polar surface area (TPSA) is 57.2 Å². The molecular weight excluding hydrogens is 431 g/mol. The Hall–Kier alpha value is -0.570. The minimum Gasteiger partial charge on any atom is -0.469 e. The normalized spacial score (nSPS) is 25.6. The molecule has 2 fully saturated rings. The fraction of sp³-hybridized carbons (Fsp3) is 0.889. The Morgan fingerprint density at radius 1 is 1.28 bits per heavy atom. The van der Waals surface area contributed by atoms with Crippen molar-refractivity contribution >= 4 is 35.9 Å². The number of nitrogens with one attached hydrogen (secondary N) is 1. The molecule has 2 aliphatic heterocycles. The van der Waals surface area contributed by atoms with Crippen molar-refractivity contribution in [2.24, 2.45) is 22.7 Å². The summed E-state index contributed by atoms with van der Waals surface area (Å²) in [6, 6.07) is 0. The molecule has 0 aromatic rings. The van der Waals surface area contributed by atoms with E-state index in [0.29, 0.717) is 12.5 Å². The van der Waals surface area contributed by atoms with Crippen molar-refractivity contribution in [2.75, 3.05) is 53.4 Å². The summed E-state index contributed by atoms with van der Waals surface area (Å²) in [5.74, 6) is 1.88. The van der Waals surface area contributed by atoms with Gasteiger partial charge in [0.2, 0.25) is 0 Å². The lowest BCUT2D eigenvalue weighted by molar-refractivity contribution is -0.145. The van der Waals surface area contributed by atoms with Crippen molar-refractivity contribution in [2.45, 2.75) is 33.1 Å². The van der Waals surface area contributed by atoms with E-state index in [0.717, 1.165) is 25.0 Å². The molecule has 2 heterocycles. The monoisotopic (exact) mass is 466 g/mol. The predicted molar refractivity (Wildman–Crippen MR) is 112 cm³/mol. The maximum atomic E-state index is 11.8. The summed E-state index contributed by atoms with van der Waals surface area (Å²) < 4.78 is 4.91. The lowest BCUT2D eigenvalue weighted by Crippen LogP contribution is -2.42. The van der Waals surface area contributed by atoms with Gasteiger partial charge in [-0.1, -0.05) is 13.8 Å². The van der Waals surface area contributed by atoms with Crippen LogP contribution in [0.15, 0.2) is 4.99 Å². The molecule has 2 atom stereocenters. The molecular formula is C18H35IN4O2. The molecule has 2 saturated heterocycles. The van der Waals surface area contributed by atoms with E-state index in [4.69, 9.17) is 4.74 Å². The first-order valence-corrected chi connectivity index (χ1v) is 9.34. The number of likely N-dealkylation sites (tertiary alicyclic amines) is 2. The summed E-state index contributed by atoms with van der Waals surface area (Å²) in [6.45, 7) is 10.5. The molecule has 0 aliphatic carbocycles. The summed E-state index contributed by atoms with van der Waals surface area (Å²) in [5, 5.41) is 3.49. The zero-order valence-corrected chi connectivity index (χ0v) is 18.5. The van der Waals surface area contributed by atoms with Gasteiger partial charge in [0.15, 0.2) is 5.96 Å². The standard InChI is InChI=1S/C18H34N4O2.HI/c1-5-21-10-7-15(8-11-21)6-9-20-18(19-3)22-12-14(2)16(13-22)17(23)24-4;/h14-16H,5-13H2,1-4H3,(H,19,20);1H. The molecule has 0 saturated carbocycles.